The van der Waals surface area contributed by atoms with Crippen LogP contribution in [0.1, 0.15) is 0 Å². The minimum absolute atomic E-state index is 0.333. The summed E-state index contributed by atoms with van der Waals surface area (Å²) >= 11 is 1.71. The van der Waals surface area contributed by atoms with E-state index in [4.69, 9.17) is 10.8 Å². The molecule has 0 aliphatic rings. The first-order valence-electron chi connectivity index (χ1n) is 2.92. The number of thiophene rings is 1. The van der Waals surface area contributed by atoms with Gasteiger partial charge in [0.25, 0.3) is 0 Å². The molecular formula is C6H13N5S. The van der Waals surface area contributed by atoms with Gasteiger partial charge in [-0.25, -0.2) is 0 Å². The molecule has 5 nitrogen and oxygen atoms in total. The monoisotopic (exact) mass is 187 g/mol. The number of rotatable bonds is 0. The lowest BCUT2D eigenvalue weighted by molar-refractivity contribution is 1.39. The Labute approximate surface area is 75.2 Å². The van der Waals surface area contributed by atoms with E-state index in [9.17, 15) is 0 Å². The van der Waals surface area contributed by atoms with E-state index in [-0.39, 0.29) is 5.96 Å². The number of hydrogen-bond donors (Lipinski definition) is 5. The molecule has 0 aliphatic carbocycles. The molecule has 0 fully saturated rings. The molecule has 0 aromatic carbocycles. The molecule has 6 heteroatoms. The fraction of sp³-hybridized carbons (Fsp3) is 0. The van der Waals surface area contributed by atoms with E-state index in [1.54, 1.807) is 11.3 Å². The number of hydrogen-bond acceptors (Lipinski definition) is 3. The van der Waals surface area contributed by atoms with Crippen LogP contribution in [0.4, 0.5) is 0 Å². The predicted molar refractivity (Wildman–Crippen MR) is 53.4 cm³/mol. The zero-order valence-corrected chi connectivity index (χ0v) is 7.34. The molecule has 0 aliphatic heterocycles. The van der Waals surface area contributed by atoms with Crippen LogP contribution in [0.25, 0.3) is 0 Å². The second-order valence-corrected chi connectivity index (χ2v) is 2.23. The van der Waals surface area contributed by atoms with Crippen LogP contribution >= 0.6 is 11.3 Å². The molecule has 1 heterocycles. The average Bonchev–Trinajstić information content (AvgIpc) is 2.40. The molecule has 8 N–H and O–H groups in total. The van der Waals surface area contributed by atoms with Crippen LogP contribution in [0.5, 0.6) is 0 Å². The van der Waals surface area contributed by atoms with Crippen molar-refractivity contribution in [3.8, 4) is 0 Å². The molecule has 1 aromatic heterocycles. The molecule has 0 atom stereocenters. The van der Waals surface area contributed by atoms with E-state index < -0.39 is 0 Å². The smallest absolute Gasteiger partial charge is 0.183 e. The first-order valence-corrected chi connectivity index (χ1v) is 3.86. The third-order valence-corrected chi connectivity index (χ3v) is 1.05. The van der Waals surface area contributed by atoms with E-state index in [0.29, 0.717) is 0 Å². The molecule has 0 bridgehead atoms. The normalized spacial score (nSPS) is 6.33. The minimum atomic E-state index is -0.333. The zero-order chi connectivity index (χ0) is 9.82. The number of nitrogens with one attached hydrogen (secondary N) is 2. The minimum Gasteiger partial charge on any atom is -0.390 e. The quantitative estimate of drug-likeness (QED) is 0.293. The van der Waals surface area contributed by atoms with E-state index in [0.717, 1.165) is 6.34 Å². The van der Waals surface area contributed by atoms with Crippen molar-refractivity contribution in [3.63, 3.8) is 0 Å². The van der Waals surface area contributed by atoms with Gasteiger partial charge in [-0.15, -0.1) is 0 Å². The van der Waals surface area contributed by atoms with Crippen molar-refractivity contribution in [2.45, 2.75) is 0 Å². The second kappa shape index (κ2) is 12.1. The molecule has 0 radical (unpaired) electrons. The largest absolute Gasteiger partial charge is 0.390 e. The van der Waals surface area contributed by atoms with Crippen LogP contribution in [-0.4, -0.2) is 12.3 Å². The Bertz CT molecular complexity index is 163. The molecule has 0 saturated carbocycles. The van der Waals surface area contributed by atoms with Gasteiger partial charge < -0.3 is 17.2 Å². The Hall–Kier alpha value is -1.56. The molecule has 12 heavy (non-hydrogen) atoms. The van der Waals surface area contributed by atoms with E-state index in [1.807, 2.05) is 22.9 Å². The molecule has 0 spiro atoms. The van der Waals surface area contributed by atoms with Gasteiger partial charge in [0.1, 0.15) is 0 Å². The molecule has 1 rings (SSSR count). The fourth-order valence-corrected chi connectivity index (χ4v) is 0.680. The van der Waals surface area contributed by atoms with Gasteiger partial charge in [-0.2, -0.15) is 11.3 Å². The van der Waals surface area contributed by atoms with Crippen LogP contribution in [0.3, 0.4) is 0 Å². The lowest BCUT2D eigenvalue weighted by Gasteiger charge is -1.69. The van der Waals surface area contributed by atoms with Crippen LogP contribution < -0.4 is 17.2 Å². The fourth-order valence-electron chi connectivity index (χ4n) is 0.227. The Morgan fingerprint density at radius 2 is 1.50 bits per heavy atom. The molecule has 68 valence electrons. The summed E-state index contributed by atoms with van der Waals surface area (Å²) in [5, 5.41) is 16.0. The van der Waals surface area contributed by atoms with Crippen molar-refractivity contribution in [3.05, 3.63) is 22.9 Å². The predicted octanol–water partition coefficient (Wildman–Crippen LogP) is 0.139. The highest BCUT2D eigenvalue weighted by atomic mass is 32.1. The highest BCUT2D eigenvalue weighted by Gasteiger charge is 1.58. The molecule has 0 amide bonds. The van der Waals surface area contributed by atoms with E-state index >= 15 is 0 Å². The van der Waals surface area contributed by atoms with Crippen molar-refractivity contribution in [1.29, 1.82) is 10.8 Å². The summed E-state index contributed by atoms with van der Waals surface area (Å²) in [6.07, 6.45) is 0.750. The lowest BCUT2D eigenvalue weighted by atomic mass is 10.7. The molecular weight excluding hydrogens is 174 g/mol. The number of guanidine groups is 1. The SMILES string of the molecule is N=C(N)N.N=CN.c1ccsc1. The van der Waals surface area contributed by atoms with Gasteiger partial charge in [0.05, 0.1) is 6.34 Å². The maximum Gasteiger partial charge on any atom is 0.183 e. The van der Waals surface area contributed by atoms with Crippen LogP contribution in [-0.2, 0) is 0 Å². The first kappa shape index (κ1) is 13.1. The van der Waals surface area contributed by atoms with Crippen LogP contribution in [0, 0.1) is 10.8 Å². The van der Waals surface area contributed by atoms with E-state index in [2.05, 4.69) is 17.2 Å². The van der Waals surface area contributed by atoms with Crippen molar-refractivity contribution < 1.29 is 0 Å². The third-order valence-electron chi connectivity index (χ3n) is 0.425. The van der Waals surface area contributed by atoms with Gasteiger partial charge in [-0.05, 0) is 10.8 Å². The molecule has 1 aromatic rings. The van der Waals surface area contributed by atoms with Gasteiger partial charge in [0.15, 0.2) is 5.96 Å². The third kappa shape index (κ3) is 39.5. The van der Waals surface area contributed by atoms with Gasteiger partial charge in [0.2, 0.25) is 0 Å². The number of nitrogens with two attached hydrogens (primary N) is 3. The summed E-state index contributed by atoms with van der Waals surface area (Å²) in [6.45, 7) is 0. The Morgan fingerprint density at radius 1 is 1.25 bits per heavy atom. The van der Waals surface area contributed by atoms with Gasteiger partial charge >= 0.3 is 0 Å². The lowest BCUT2D eigenvalue weighted by Crippen LogP contribution is -2.20. The Balaban J connectivity index is 0. The van der Waals surface area contributed by atoms with Crippen molar-refractivity contribution in [1.82, 2.24) is 0 Å². The standard InChI is InChI=1S/C4H4S.CH5N3.CH4N2/c1-2-4-5-3-1;2-1(3)4;2-1-3/h1-4H;(H5,2,3,4);1H,(H3,2,3). The highest BCUT2D eigenvalue weighted by molar-refractivity contribution is 7.07. The Morgan fingerprint density at radius 3 is 1.58 bits per heavy atom. The van der Waals surface area contributed by atoms with Gasteiger partial charge in [-0.1, -0.05) is 12.1 Å². The molecule has 0 unspecified atom stereocenters. The van der Waals surface area contributed by atoms with Crippen molar-refractivity contribution >= 4 is 23.6 Å². The maximum atomic E-state index is 6.06. The van der Waals surface area contributed by atoms with Crippen LogP contribution in [0.15, 0.2) is 22.9 Å². The summed E-state index contributed by atoms with van der Waals surface area (Å²) in [5.74, 6) is -0.333. The van der Waals surface area contributed by atoms with Gasteiger partial charge in [0, 0.05) is 0 Å². The van der Waals surface area contributed by atoms with Crippen LogP contribution in [0.2, 0.25) is 0 Å². The Kier molecular flexibility index (Phi) is 13.2. The summed E-state index contributed by atoms with van der Waals surface area (Å²) in [5.41, 5.74) is 13.3. The summed E-state index contributed by atoms with van der Waals surface area (Å²) in [6, 6.07) is 4.04. The summed E-state index contributed by atoms with van der Waals surface area (Å²) < 4.78 is 0. The summed E-state index contributed by atoms with van der Waals surface area (Å²) in [4.78, 5) is 0. The first-order chi connectivity index (χ1) is 5.65. The topological polar surface area (TPSA) is 126 Å². The zero-order valence-electron chi connectivity index (χ0n) is 6.53. The maximum absolute atomic E-state index is 6.06. The van der Waals surface area contributed by atoms with E-state index in [1.165, 1.54) is 0 Å². The van der Waals surface area contributed by atoms with Gasteiger partial charge in [-0.3, -0.25) is 10.8 Å². The second-order valence-electron chi connectivity index (χ2n) is 1.42. The summed E-state index contributed by atoms with van der Waals surface area (Å²) in [7, 11) is 0. The molecule has 0 saturated heterocycles. The van der Waals surface area contributed by atoms with Crippen molar-refractivity contribution in [2.24, 2.45) is 17.2 Å². The average molecular weight is 187 g/mol. The highest BCUT2D eigenvalue weighted by Crippen LogP contribution is 1.91. The van der Waals surface area contributed by atoms with Crippen molar-refractivity contribution in [2.75, 3.05) is 0 Å².